The van der Waals surface area contributed by atoms with Crippen LogP contribution in [0.1, 0.15) is 46.2 Å². The number of aryl methyl sites for hydroxylation is 1. The predicted octanol–water partition coefficient (Wildman–Crippen LogP) is 3.46. The van der Waals surface area contributed by atoms with Gasteiger partial charge < -0.3 is 14.4 Å². The molecule has 0 spiro atoms. The number of furan rings is 1. The second kappa shape index (κ2) is 6.51. The molecule has 1 unspecified atom stereocenters. The van der Waals surface area contributed by atoms with Crippen molar-refractivity contribution in [2.45, 2.75) is 26.2 Å². The lowest BCUT2D eigenvalue weighted by Gasteiger charge is -2.24. The second-order valence-corrected chi connectivity index (χ2v) is 6.78. The first-order chi connectivity index (χ1) is 11.5. The van der Waals surface area contributed by atoms with E-state index in [0.29, 0.717) is 13.1 Å². The first kappa shape index (κ1) is 16.3. The highest BCUT2D eigenvalue weighted by molar-refractivity contribution is 5.95. The van der Waals surface area contributed by atoms with Gasteiger partial charge in [-0.2, -0.15) is 0 Å². The molecule has 1 aliphatic rings. The number of benzene rings is 1. The van der Waals surface area contributed by atoms with Gasteiger partial charge in [0.15, 0.2) is 5.76 Å². The van der Waals surface area contributed by atoms with Crippen LogP contribution in [0, 0.1) is 5.41 Å². The number of hydrogen-bond acceptors (Lipinski definition) is 3. The van der Waals surface area contributed by atoms with Crippen LogP contribution in [0.4, 0.5) is 0 Å². The van der Waals surface area contributed by atoms with E-state index in [4.69, 9.17) is 9.52 Å². The van der Waals surface area contributed by atoms with Crippen molar-refractivity contribution >= 4 is 11.9 Å². The molecule has 5 nitrogen and oxygen atoms in total. The van der Waals surface area contributed by atoms with Crippen LogP contribution in [0.15, 0.2) is 47.1 Å². The molecule has 1 aromatic heterocycles. The minimum absolute atomic E-state index is 0.00406. The average molecular weight is 327 g/mol. The summed E-state index contributed by atoms with van der Waals surface area (Å²) in [6, 6.07) is 11.6. The van der Waals surface area contributed by atoms with E-state index in [1.54, 1.807) is 4.90 Å². The maximum Gasteiger partial charge on any atom is 0.338 e. The zero-order valence-electron chi connectivity index (χ0n) is 13.7. The van der Waals surface area contributed by atoms with E-state index < -0.39 is 5.97 Å². The molecule has 1 atom stereocenters. The summed E-state index contributed by atoms with van der Waals surface area (Å²) in [4.78, 5) is 25.1. The van der Waals surface area contributed by atoms with Crippen LogP contribution in [0.5, 0.6) is 0 Å². The van der Waals surface area contributed by atoms with E-state index in [9.17, 15) is 9.59 Å². The standard InChI is InChI=1S/C19H21NO4/c1-19(8-7-14-5-3-2-4-6-14)9-10-20(13-19)17(21)16-11-15(12-24-16)18(22)23/h2-6,11-12H,7-10,13H2,1H3,(H,22,23). The molecular formula is C19H21NO4. The molecule has 0 saturated carbocycles. The molecule has 0 bridgehead atoms. The summed E-state index contributed by atoms with van der Waals surface area (Å²) in [5.41, 5.74) is 1.39. The fraction of sp³-hybridized carbons (Fsp3) is 0.368. The van der Waals surface area contributed by atoms with Crippen molar-refractivity contribution < 1.29 is 19.1 Å². The lowest BCUT2D eigenvalue weighted by atomic mass is 9.83. The summed E-state index contributed by atoms with van der Waals surface area (Å²) in [6.45, 7) is 3.54. The number of carboxylic acid groups (broad SMARTS) is 1. The van der Waals surface area contributed by atoms with E-state index in [2.05, 4.69) is 19.1 Å². The fourth-order valence-corrected chi connectivity index (χ4v) is 3.21. The van der Waals surface area contributed by atoms with E-state index in [1.807, 2.05) is 18.2 Å². The number of rotatable bonds is 5. The van der Waals surface area contributed by atoms with E-state index in [0.717, 1.165) is 25.5 Å². The van der Waals surface area contributed by atoms with Gasteiger partial charge in [-0.05, 0) is 30.2 Å². The zero-order valence-corrected chi connectivity index (χ0v) is 13.7. The highest BCUT2D eigenvalue weighted by atomic mass is 16.4. The Balaban J connectivity index is 1.61. The molecule has 1 amide bonds. The SMILES string of the molecule is CC1(CCc2ccccc2)CCN(C(=O)c2cc(C(=O)O)co2)C1. The number of aromatic carboxylic acids is 1. The Bertz CT molecular complexity index is 737. The molecule has 5 heteroatoms. The van der Waals surface area contributed by atoms with Gasteiger partial charge in [0.2, 0.25) is 0 Å². The summed E-state index contributed by atoms with van der Waals surface area (Å²) in [5.74, 6) is -1.22. The maximum absolute atomic E-state index is 12.5. The molecule has 2 heterocycles. The number of nitrogens with zero attached hydrogens (tertiary/aromatic N) is 1. The molecule has 1 fully saturated rings. The van der Waals surface area contributed by atoms with Crippen LogP contribution in [0.3, 0.4) is 0 Å². The van der Waals surface area contributed by atoms with Gasteiger partial charge in [-0.15, -0.1) is 0 Å². The molecule has 24 heavy (non-hydrogen) atoms. The highest BCUT2D eigenvalue weighted by Crippen LogP contribution is 2.35. The van der Waals surface area contributed by atoms with Crippen molar-refractivity contribution in [3.8, 4) is 0 Å². The zero-order chi connectivity index (χ0) is 17.2. The van der Waals surface area contributed by atoms with Crippen LogP contribution in [-0.4, -0.2) is 35.0 Å². The predicted molar refractivity (Wildman–Crippen MR) is 89.1 cm³/mol. The van der Waals surface area contributed by atoms with Gasteiger partial charge in [0.1, 0.15) is 6.26 Å². The van der Waals surface area contributed by atoms with Crippen molar-refractivity contribution in [1.29, 1.82) is 0 Å². The van der Waals surface area contributed by atoms with Gasteiger partial charge in [-0.3, -0.25) is 4.79 Å². The van der Waals surface area contributed by atoms with Crippen molar-refractivity contribution in [2.75, 3.05) is 13.1 Å². The molecule has 1 saturated heterocycles. The molecule has 1 aliphatic heterocycles. The Labute approximate surface area is 140 Å². The van der Waals surface area contributed by atoms with Crippen molar-refractivity contribution in [3.63, 3.8) is 0 Å². The Morgan fingerprint density at radius 3 is 2.71 bits per heavy atom. The molecule has 1 N–H and O–H groups in total. The van der Waals surface area contributed by atoms with E-state index in [1.165, 1.54) is 11.6 Å². The minimum atomic E-state index is -1.09. The summed E-state index contributed by atoms with van der Waals surface area (Å²) < 4.78 is 5.13. The molecule has 2 aromatic rings. The van der Waals surface area contributed by atoms with Gasteiger partial charge in [-0.1, -0.05) is 37.3 Å². The quantitative estimate of drug-likeness (QED) is 0.913. The third-order valence-electron chi connectivity index (χ3n) is 4.76. The third kappa shape index (κ3) is 3.50. The number of likely N-dealkylation sites (tertiary alicyclic amines) is 1. The van der Waals surface area contributed by atoms with Gasteiger partial charge in [-0.25, -0.2) is 4.79 Å². The van der Waals surface area contributed by atoms with Crippen LogP contribution < -0.4 is 0 Å². The van der Waals surface area contributed by atoms with Gasteiger partial charge in [0.05, 0.1) is 5.56 Å². The topological polar surface area (TPSA) is 70.8 Å². The Morgan fingerprint density at radius 2 is 2.04 bits per heavy atom. The number of carbonyl (C=O) groups excluding carboxylic acids is 1. The highest BCUT2D eigenvalue weighted by Gasteiger charge is 2.36. The van der Waals surface area contributed by atoms with Crippen LogP contribution >= 0.6 is 0 Å². The maximum atomic E-state index is 12.5. The monoisotopic (exact) mass is 327 g/mol. The molecule has 0 aliphatic carbocycles. The molecule has 126 valence electrons. The van der Waals surface area contributed by atoms with Gasteiger partial charge in [0, 0.05) is 19.2 Å². The molecular weight excluding hydrogens is 306 g/mol. The summed E-state index contributed by atoms with van der Waals surface area (Å²) >= 11 is 0. The molecule has 3 rings (SSSR count). The normalized spacial score (nSPS) is 20.3. The first-order valence-electron chi connectivity index (χ1n) is 8.12. The smallest absolute Gasteiger partial charge is 0.338 e. The fourth-order valence-electron chi connectivity index (χ4n) is 3.21. The van der Waals surface area contributed by atoms with Crippen molar-refractivity contribution in [1.82, 2.24) is 4.90 Å². The summed E-state index contributed by atoms with van der Waals surface area (Å²) in [7, 11) is 0. The van der Waals surface area contributed by atoms with Crippen LogP contribution in [0.2, 0.25) is 0 Å². The Hall–Kier alpha value is -2.56. The molecule has 0 radical (unpaired) electrons. The van der Waals surface area contributed by atoms with Crippen LogP contribution in [-0.2, 0) is 6.42 Å². The number of carbonyl (C=O) groups is 2. The largest absolute Gasteiger partial charge is 0.478 e. The van der Waals surface area contributed by atoms with E-state index in [-0.39, 0.29) is 22.6 Å². The van der Waals surface area contributed by atoms with Gasteiger partial charge in [0.25, 0.3) is 5.91 Å². The number of amides is 1. The van der Waals surface area contributed by atoms with Gasteiger partial charge >= 0.3 is 5.97 Å². The number of hydrogen-bond donors (Lipinski definition) is 1. The lowest BCUT2D eigenvalue weighted by Crippen LogP contribution is -2.31. The third-order valence-corrected chi connectivity index (χ3v) is 4.76. The lowest BCUT2D eigenvalue weighted by molar-refractivity contribution is 0.0694. The summed E-state index contributed by atoms with van der Waals surface area (Å²) in [6.07, 6.45) is 4.06. The minimum Gasteiger partial charge on any atom is -0.478 e. The first-order valence-corrected chi connectivity index (χ1v) is 8.12. The molecule has 1 aromatic carbocycles. The second-order valence-electron chi connectivity index (χ2n) is 6.78. The van der Waals surface area contributed by atoms with Crippen LogP contribution in [0.25, 0.3) is 0 Å². The summed E-state index contributed by atoms with van der Waals surface area (Å²) in [5, 5.41) is 8.92. The van der Waals surface area contributed by atoms with Crippen molar-refractivity contribution in [2.24, 2.45) is 5.41 Å². The number of carboxylic acids is 1. The Morgan fingerprint density at radius 1 is 1.29 bits per heavy atom. The van der Waals surface area contributed by atoms with Crippen molar-refractivity contribution in [3.05, 3.63) is 59.5 Å². The average Bonchev–Trinajstić information content (AvgIpc) is 3.21. The van der Waals surface area contributed by atoms with E-state index >= 15 is 0 Å². The Kier molecular flexibility index (Phi) is 4.42.